The van der Waals surface area contributed by atoms with E-state index in [0.29, 0.717) is 33.5 Å². The van der Waals surface area contributed by atoms with Gasteiger partial charge in [-0.05, 0) is 24.6 Å². The molecule has 0 amide bonds. The number of nitrogens with zero attached hydrogens (tertiary/aromatic N) is 4. The summed E-state index contributed by atoms with van der Waals surface area (Å²) in [6.07, 6.45) is 6.87. The van der Waals surface area contributed by atoms with Crippen molar-refractivity contribution in [3.05, 3.63) is 76.1 Å². The number of benzene rings is 1. The van der Waals surface area contributed by atoms with Crippen molar-refractivity contribution in [2.75, 3.05) is 0 Å². The summed E-state index contributed by atoms with van der Waals surface area (Å²) in [7, 11) is 0. The van der Waals surface area contributed by atoms with Crippen LogP contribution in [0.2, 0.25) is 0 Å². The molecule has 1 unspecified atom stereocenters. The minimum absolute atomic E-state index is 0.0102. The van der Waals surface area contributed by atoms with Crippen molar-refractivity contribution in [3.63, 3.8) is 0 Å². The summed E-state index contributed by atoms with van der Waals surface area (Å²) in [5.74, 6) is -0.746. The number of alkyl halides is 1. The zero-order valence-corrected chi connectivity index (χ0v) is 15.6. The first-order valence-electron chi connectivity index (χ1n) is 8.04. The molecule has 3 heterocycles. The van der Waals surface area contributed by atoms with Crippen molar-refractivity contribution < 1.29 is 8.78 Å². The summed E-state index contributed by atoms with van der Waals surface area (Å²) in [5.41, 5.74) is 1.40. The molecule has 27 heavy (non-hydrogen) atoms. The van der Waals surface area contributed by atoms with Crippen LogP contribution in [-0.4, -0.2) is 25.7 Å². The fraction of sp³-hybridized carbons (Fsp3) is 0.167. The van der Waals surface area contributed by atoms with Crippen molar-refractivity contribution in [1.29, 1.82) is 0 Å². The number of aromatic nitrogens is 3. The number of rotatable bonds is 3. The van der Waals surface area contributed by atoms with Crippen molar-refractivity contribution in [2.24, 2.45) is 4.99 Å². The van der Waals surface area contributed by atoms with Crippen LogP contribution in [0.3, 0.4) is 0 Å². The normalized spacial score (nSPS) is 16.9. The minimum atomic E-state index is -0.702. The number of hydrogen-bond donors (Lipinski definition) is 1. The molecule has 1 aliphatic rings. The summed E-state index contributed by atoms with van der Waals surface area (Å²) < 4.78 is 29.6. The Balaban J connectivity index is 1.77. The van der Waals surface area contributed by atoms with Gasteiger partial charge in [-0.1, -0.05) is 23.2 Å². The monoisotopic (exact) mass is 407 g/mol. The highest BCUT2D eigenvalue weighted by Crippen LogP contribution is 2.21. The van der Waals surface area contributed by atoms with Crippen LogP contribution in [0.1, 0.15) is 22.5 Å². The Morgan fingerprint density at radius 2 is 2.00 bits per heavy atom. The summed E-state index contributed by atoms with van der Waals surface area (Å²) in [4.78, 5) is 13.1. The second-order valence-corrected chi connectivity index (χ2v) is 6.93. The van der Waals surface area contributed by atoms with E-state index in [2.05, 4.69) is 20.3 Å². The van der Waals surface area contributed by atoms with Crippen LogP contribution in [0.25, 0.3) is 5.65 Å². The van der Waals surface area contributed by atoms with E-state index < -0.39 is 17.1 Å². The Morgan fingerprint density at radius 1 is 1.26 bits per heavy atom. The largest absolute Gasteiger partial charge is 0.344 e. The third kappa shape index (κ3) is 3.40. The lowest BCUT2D eigenvalue weighted by Gasteiger charge is -2.16. The molecular formula is C18H13Cl2F2N5. The lowest BCUT2D eigenvalue weighted by Crippen LogP contribution is -2.27. The van der Waals surface area contributed by atoms with Crippen LogP contribution >= 0.6 is 23.2 Å². The molecule has 0 bridgehead atoms. The predicted octanol–water partition coefficient (Wildman–Crippen LogP) is 3.90. The number of halogens is 4. The van der Waals surface area contributed by atoms with Gasteiger partial charge in [0.1, 0.15) is 17.3 Å². The Bertz CT molecular complexity index is 1080. The number of aliphatic imine (C=N–C) groups is 1. The third-order valence-electron chi connectivity index (χ3n) is 4.22. The Labute approximate surface area is 163 Å². The van der Waals surface area contributed by atoms with Gasteiger partial charge in [0, 0.05) is 36.8 Å². The van der Waals surface area contributed by atoms with Gasteiger partial charge >= 0.3 is 0 Å². The van der Waals surface area contributed by atoms with Gasteiger partial charge in [0.05, 0.1) is 10.7 Å². The second kappa shape index (κ2) is 6.90. The maximum atomic E-state index is 13.9. The van der Waals surface area contributed by atoms with Gasteiger partial charge in [0.2, 0.25) is 0 Å². The van der Waals surface area contributed by atoms with E-state index in [4.69, 9.17) is 23.2 Å². The average molecular weight is 408 g/mol. The van der Waals surface area contributed by atoms with Gasteiger partial charge in [-0.3, -0.25) is 0 Å². The molecule has 1 aliphatic heterocycles. The molecule has 9 heteroatoms. The smallest absolute Gasteiger partial charge is 0.163 e. The fourth-order valence-corrected chi connectivity index (χ4v) is 3.04. The summed E-state index contributed by atoms with van der Waals surface area (Å²) >= 11 is 12.0. The fourth-order valence-electron chi connectivity index (χ4n) is 2.78. The van der Waals surface area contributed by atoms with Gasteiger partial charge in [-0.2, -0.15) is 0 Å². The van der Waals surface area contributed by atoms with Gasteiger partial charge in [-0.25, -0.2) is 23.7 Å². The van der Waals surface area contributed by atoms with E-state index in [1.165, 1.54) is 19.1 Å². The van der Waals surface area contributed by atoms with E-state index >= 15 is 0 Å². The first kappa shape index (κ1) is 17.9. The molecule has 2 aromatic heterocycles. The van der Waals surface area contributed by atoms with E-state index in [0.717, 1.165) is 0 Å². The second-order valence-electron chi connectivity index (χ2n) is 6.08. The molecule has 1 N–H and O–H groups in total. The lowest BCUT2D eigenvalue weighted by atomic mass is 10.1. The highest BCUT2D eigenvalue weighted by atomic mass is 35.5. The van der Waals surface area contributed by atoms with Crippen LogP contribution in [0.4, 0.5) is 8.78 Å². The van der Waals surface area contributed by atoms with Crippen LogP contribution in [0.5, 0.6) is 0 Å². The van der Waals surface area contributed by atoms with E-state index in [1.807, 2.05) is 0 Å². The number of imidazole rings is 1. The third-order valence-corrected chi connectivity index (χ3v) is 4.98. The molecule has 0 spiro atoms. The molecule has 0 radical (unpaired) electrons. The number of nitrogens with one attached hydrogen (secondary N) is 1. The highest BCUT2D eigenvalue weighted by molar-refractivity contribution is 6.38. The summed E-state index contributed by atoms with van der Waals surface area (Å²) in [6, 6.07) is 2.61. The van der Waals surface area contributed by atoms with Gasteiger partial charge in [-0.15, -0.1) is 0 Å². The first-order valence-corrected chi connectivity index (χ1v) is 8.85. The molecule has 5 nitrogen and oxygen atoms in total. The molecule has 1 aromatic carbocycles. The van der Waals surface area contributed by atoms with E-state index in [-0.39, 0.29) is 12.0 Å². The zero-order chi connectivity index (χ0) is 19.1. The van der Waals surface area contributed by atoms with E-state index in [1.54, 1.807) is 29.2 Å². The standard InChI is InChI=1S/C18H13Cl2F2N5/c1-9-12(21)4-10(5-13(9)22)6-14-18-23-2-3-27(18)8-15(25-14)17-24-7-11(19)16(20)26-17/h2-5,7-8,16H,6H2,1H3,(H,24,26). The molecule has 1 atom stereocenters. The molecule has 0 saturated carbocycles. The highest BCUT2D eigenvalue weighted by Gasteiger charge is 2.19. The van der Waals surface area contributed by atoms with Crippen LogP contribution < -0.4 is 5.32 Å². The van der Waals surface area contributed by atoms with Crippen molar-refractivity contribution in [1.82, 2.24) is 19.7 Å². The SMILES string of the molecule is Cc1c(F)cc(Cc2nc(C3=NC(Cl)C(Cl)=CN3)cn3ccnc23)cc1F. The van der Waals surface area contributed by atoms with Gasteiger partial charge in [0.25, 0.3) is 0 Å². The maximum absolute atomic E-state index is 13.9. The van der Waals surface area contributed by atoms with E-state index in [9.17, 15) is 8.78 Å². The topological polar surface area (TPSA) is 54.6 Å². The molecule has 0 aliphatic carbocycles. The molecule has 4 rings (SSSR count). The number of fused-ring (bicyclic) bond motifs is 1. The predicted molar refractivity (Wildman–Crippen MR) is 100 cm³/mol. The van der Waals surface area contributed by atoms with Crippen molar-refractivity contribution >= 4 is 34.7 Å². The average Bonchev–Trinajstić information content (AvgIpc) is 3.11. The Hall–Kier alpha value is -2.51. The van der Waals surface area contributed by atoms with Gasteiger partial charge < -0.3 is 9.72 Å². The quantitative estimate of drug-likeness (QED) is 0.529. The molecule has 3 aromatic rings. The van der Waals surface area contributed by atoms with Gasteiger partial charge in [0.15, 0.2) is 17.0 Å². The maximum Gasteiger partial charge on any atom is 0.163 e. The van der Waals surface area contributed by atoms with Crippen molar-refractivity contribution in [2.45, 2.75) is 18.8 Å². The molecule has 138 valence electrons. The Morgan fingerprint density at radius 3 is 2.70 bits per heavy atom. The minimum Gasteiger partial charge on any atom is -0.344 e. The van der Waals surface area contributed by atoms with Crippen LogP contribution in [0, 0.1) is 18.6 Å². The van der Waals surface area contributed by atoms with Crippen molar-refractivity contribution in [3.8, 4) is 0 Å². The molecular weight excluding hydrogens is 395 g/mol. The molecule has 0 fully saturated rings. The number of hydrogen-bond acceptors (Lipinski definition) is 4. The first-order chi connectivity index (χ1) is 12.9. The number of amidine groups is 1. The summed E-state index contributed by atoms with van der Waals surface area (Å²) in [6.45, 7) is 1.40. The zero-order valence-electron chi connectivity index (χ0n) is 14.0. The lowest BCUT2D eigenvalue weighted by molar-refractivity contribution is 0.565. The van der Waals surface area contributed by atoms with Crippen LogP contribution in [-0.2, 0) is 6.42 Å². The molecule has 0 saturated heterocycles. The summed E-state index contributed by atoms with van der Waals surface area (Å²) in [5, 5.41) is 3.31. The Kier molecular flexibility index (Phi) is 4.57. The van der Waals surface area contributed by atoms with Crippen LogP contribution in [0.15, 0.2) is 46.9 Å².